The first-order valence-corrected chi connectivity index (χ1v) is 8.93. The lowest BCUT2D eigenvalue weighted by Crippen LogP contribution is -2.36. The monoisotopic (exact) mass is 374 g/mol. The van der Waals surface area contributed by atoms with Crippen molar-refractivity contribution in [1.82, 2.24) is 10.4 Å². The van der Waals surface area contributed by atoms with Crippen LogP contribution in [0.3, 0.4) is 0 Å². The zero-order valence-corrected chi connectivity index (χ0v) is 14.7. The van der Waals surface area contributed by atoms with Crippen LogP contribution >= 0.6 is 11.3 Å². The molecular weight excluding hydrogens is 356 g/mol. The van der Waals surface area contributed by atoms with Gasteiger partial charge in [-0.25, -0.2) is 15.2 Å². The summed E-state index contributed by atoms with van der Waals surface area (Å²) in [5.74, 6) is -1.36. The Balaban J connectivity index is 1.55. The van der Waals surface area contributed by atoms with E-state index < -0.39 is 5.97 Å². The van der Waals surface area contributed by atoms with E-state index in [1.807, 2.05) is 5.38 Å². The largest absolute Gasteiger partial charge is 0.478 e. The second-order valence-electron chi connectivity index (χ2n) is 5.58. The van der Waals surface area contributed by atoms with Gasteiger partial charge in [-0.15, -0.1) is 11.3 Å². The highest BCUT2D eigenvalue weighted by Crippen LogP contribution is 2.21. The van der Waals surface area contributed by atoms with E-state index in [-0.39, 0.29) is 17.9 Å². The maximum Gasteiger partial charge on any atom is 0.336 e. The number of ether oxygens (including phenoxy) is 1. The van der Waals surface area contributed by atoms with Gasteiger partial charge < -0.3 is 14.7 Å². The topological polar surface area (TPSA) is 104 Å². The zero-order chi connectivity index (χ0) is 18.4. The van der Waals surface area contributed by atoms with E-state index in [0.29, 0.717) is 24.5 Å². The Morgan fingerprint density at radius 1 is 1.35 bits per heavy atom. The second kappa shape index (κ2) is 8.54. The molecule has 9 heteroatoms. The van der Waals surface area contributed by atoms with Crippen LogP contribution in [0.4, 0.5) is 5.13 Å². The first kappa shape index (κ1) is 18.0. The molecule has 1 aliphatic rings. The predicted octanol–water partition coefficient (Wildman–Crippen LogP) is 1.37. The van der Waals surface area contributed by atoms with Gasteiger partial charge in [0.2, 0.25) is 5.91 Å². The third-order valence-corrected chi connectivity index (χ3v) is 4.70. The highest BCUT2D eigenvalue weighted by atomic mass is 32.1. The Labute approximate surface area is 154 Å². The summed E-state index contributed by atoms with van der Waals surface area (Å²) < 4.78 is 5.31. The average Bonchev–Trinajstić information content (AvgIpc) is 3.11. The number of carbonyl (C=O) groups excluding carboxylic acids is 1. The molecule has 8 nitrogen and oxygen atoms in total. The van der Waals surface area contributed by atoms with Crippen molar-refractivity contribution in [3.8, 4) is 0 Å². The molecule has 3 rings (SSSR count). The van der Waals surface area contributed by atoms with Gasteiger partial charge in [-0.1, -0.05) is 18.2 Å². The number of nitrogens with zero attached hydrogens (tertiary/aromatic N) is 3. The number of hydrazone groups is 1. The molecule has 1 fully saturated rings. The number of amides is 1. The van der Waals surface area contributed by atoms with E-state index in [0.717, 1.165) is 18.2 Å². The van der Waals surface area contributed by atoms with E-state index in [2.05, 4.69) is 20.4 Å². The van der Waals surface area contributed by atoms with Crippen molar-refractivity contribution in [2.75, 3.05) is 31.2 Å². The lowest BCUT2D eigenvalue weighted by molar-refractivity contribution is -0.120. The first-order valence-electron chi connectivity index (χ1n) is 8.05. The van der Waals surface area contributed by atoms with Crippen molar-refractivity contribution in [3.63, 3.8) is 0 Å². The maximum absolute atomic E-state index is 12.0. The van der Waals surface area contributed by atoms with Crippen LogP contribution in [0.5, 0.6) is 0 Å². The lowest BCUT2D eigenvalue weighted by Gasteiger charge is -2.26. The Morgan fingerprint density at radius 3 is 2.88 bits per heavy atom. The zero-order valence-electron chi connectivity index (χ0n) is 13.9. The molecule has 2 N–H and O–H groups in total. The summed E-state index contributed by atoms with van der Waals surface area (Å²) in [6.45, 7) is 2.96. The fourth-order valence-corrected chi connectivity index (χ4v) is 3.34. The van der Waals surface area contributed by atoms with Crippen LogP contribution in [0.2, 0.25) is 0 Å². The molecule has 1 amide bonds. The van der Waals surface area contributed by atoms with Crippen LogP contribution in [0, 0.1) is 0 Å². The van der Waals surface area contributed by atoms with Crippen LogP contribution in [-0.2, 0) is 16.0 Å². The molecule has 0 aliphatic carbocycles. The van der Waals surface area contributed by atoms with Crippen molar-refractivity contribution < 1.29 is 19.4 Å². The minimum absolute atomic E-state index is 0.110. The Hall–Kier alpha value is -2.78. The summed E-state index contributed by atoms with van der Waals surface area (Å²) in [7, 11) is 0. The third kappa shape index (κ3) is 4.64. The molecule has 2 aromatic rings. The van der Waals surface area contributed by atoms with Gasteiger partial charge in [0.1, 0.15) is 0 Å². The van der Waals surface area contributed by atoms with E-state index in [1.54, 1.807) is 18.2 Å². The number of benzene rings is 1. The lowest BCUT2D eigenvalue weighted by atomic mass is 10.1. The molecule has 0 saturated carbocycles. The van der Waals surface area contributed by atoms with E-state index >= 15 is 0 Å². The van der Waals surface area contributed by atoms with E-state index in [9.17, 15) is 9.59 Å². The van der Waals surface area contributed by atoms with Crippen molar-refractivity contribution >= 4 is 34.6 Å². The molecule has 1 saturated heterocycles. The SMILES string of the molecule is O=C(Cc1csc(N2CCOCC2)n1)NN=Cc1ccccc1C(=O)O. The summed E-state index contributed by atoms with van der Waals surface area (Å²) in [6.07, 6.45) is 1.43. The number of rotatable bonds is 6. The molecule has 1 aromatic heterocycles. The molecule has 26 heavy (non-hydrogen) atoms. The molecule has 1 aliphatic heterocycles. The number of thiazole rings is 1. The predicted molar refractivity (Wildman–Crippen MR) is 98.0 cm³/mol. The fourth-order valence-electron chi connectivity index (χ4n) is 2.46. The molecule has 0 radical (unpaired) electrons. The number of morpholine rings is 1. The van der Waals surface area contributed by atoms with Gasteiger partial charge in [0.25, 0.3) is 0 Å². The molecular formula is C17H18N4O4S. The summed E-state index contributed by atoms with van der Waals surface area (Å²) in [5, 5.41) is 15.7. The number of aromatic nitrogens is 1. The van der Waals surface area contributed by atoms with Crippen molar-refractivity contribution in [1.29, 1.82) is 0 Å². The Morgan fingerprint density at radius 2 is 2.12 bits per heavy atom. The smallest absolute Gasteiger partial charge is 0.336 e. The molecule has 0 spiro atoms. The van der Waals surface area contributed by atoms with Gasteiger partial charge >= 0.3 is 5.97 Å². The first-order chi connectivity index (χ1) is 12.6. The summed E-state index contributed by atoms with van der Waals surface area (Å²) in [4.78, 5) is 29.7. The molecule has 1 aromatic carbocycles. The number of hydrogen-bond donors (Lipinski definition) is 2. The summed E-state index contributed by atoms with van der Waals surface area (Å²) in [6, 6.07) is 6.44. The van der Waals surface area contributed by atoms with Gasteiger partial charge in [0, 0.05) is 24.0 Å². The number of carbonyl (C=O) groups is 2. The number of carboxylic acids is 1. The van der Waals surface area contributed by atoms with Crippen molar-refractivity contribution in [2.24, 2.45) is 5.10 Å². The average molecular weight is 374 g/mol. The Kier molecular flexibility index (Phi) is 5.92. The third-order valence-electron chi connectivity index (χ3n) is 3.75. The van der Waals surface area contributed by atoms with Gasteiger partial charge in [-0.2, -0.15) is 5.10 Å². The number of hydrogen-bond acceptors (Lipinski definition) is 7. The van der Waals surface area contributed by atoms with Gasteiger partial charge in [-0.05, 0) is 6.07 Å². The van der Waals surface area contributed by atoms with E-state index in [1.165, 1.54) is 23.6 Å². The quantitative estimate of drug-likeness (QED) is 0.585. The number of anilines is 1. The molecule has 0 unspecified atom stereocenters. The molecule has 0 bridgehead atoms. The molecule has 136 valence electrons. The van der Waals surface area contributed by atoms with Gasteiger partial charge in [0.05, 0.1) is 37.1 Å². The minimum Gasteiger partial charge on any atom is -0.478 e. The van der Waals surface area contributed by atoms with Crippen LogP contribution in [0.25, 0.3) is 0 Å². The number of nitrogens with one attached hydrogen (secondary N) is 1. The molecule has 0 atom stereocenters. The van der Waals surface area contributed by atoms with Crippen LogP contribution in [-0.4, -0.2) is 54.5 Å². The van der Waals surface area contributed by atoms with Crippen LogP contribution < -0.4 is 10.3 Å². The maximum atomic E-state index is 12.0. The second-order valence-corrected chi connectivity index (χ2v) is 6.42. The Bertz CT molecular complexity index is 815. The van der Waals surface area contributed by atoms with Crippen LogP contribution in [0.1, 0.15) is 21.6 Å². The van der Waals surface area contributed by atoms with Crippen molar-refractivity contribution in [2.45, 2.75) is 6.42 Å². The standard InChI is InChI=1S/C17H18N4O4S/c22-15(20-18-10-12-3-1-2-4-14(12)16(23)24)9-13-11-26-17(19-13)21-5-7-25-8-6-21/h1-4,10-11H,5-9H2,(H,20,22)(H,23,24). The minimum atomic E-state index is -1.04. The fraction of sp³-hybridized carbons (Fsp3) is 0.294. The summed E-state index contributed by atoms with van der Waals surface area (Å²) in [5.41, 5.74) is 3.62. The van der Waals surface area contributed by atoms with E-state index in [4.69, 9.17) is 9.84 Å². The summed E-state index contributed by atoms with van der Waals surface area (Å²) >= 11 is 1.50. The highest BCUT2D eigenvalue weighted by Gasteiger charge is 2.15. The van der Waals surface area contributed by atoms with Crippen LogP contribution in [0.15, 0.2) is 34.7 Å². The normalized spacial score (nSPS) is 14.5. The highest BCUT2D eigenvalue weighted by molar-refractivity contribution is 7.13. The number of carboxylic acid groups (broad SMARTS) is 1. The van der Waals surface area contributed by atoms with Gasteiger partial charge in [-0.3, -0.25) is 4.79 Å². The number of aromatic carboxylic acids is 1. The van der Waals surface area contributed by atoms with Gasteiger partial charge in [0.15, 0.2) is 5.13 Å². The van der Waals surface area contributed by atoms with Crippen molar-refractivity contribution in [3.05, 3.63) is 46.5 Å². The molecule has 2 heterocycles.